The maximum absolute atomic E-state index is 11.4. The summed E-state index contributed by atoms with van der Waals surface area (Å²) in [6.45, 7) is 55.1. The summed E-state index contributed by atoms with van der Waals surface area (Å²) in [5.41, 5.74) is 0.284. The molecule has 9 heterocycles. The number of nitrogens with zero attached hydrogens (tertiary/aromatic N) is 10. The number of ether oxygens (including phenoxy) is 2. The summed E-state index contributed by atoms with van der Waals surface area (Å²) in [5.74, 6) is 2.04. The number of likely N-dealkylation sites (tertiary alicyclic amines) is 6. The molecular weight excluding hydrogens is 1130 g/mol. The smallest absolute Gasteiger partial charge is 0.409 e. The fourth-order valence-corrected chi connectivity index (χ4v) is 11.8. The molecule has 0 aromatic carbocycles. The number of cyclic esters (lactones) is 1. The maximum atomic E-state index is 11.4. The Morgan fingerprint density at radius 3 is 0.955 bits per heavy atom. The number of carbonyl (C=O) groups is 9. The van der Waals surface area contributed by atoms with Gasteiger partial charge in [-0.05, 0) is 189 Å². The Morgan fingerprint density at radius 2 is 0.730 bits per heavy atom. The minimum absolute atomic E-state index is 0.0885. The van der Waals surface area contributed by atoms with Crippen LogP contribution in [0.2, 0.25) is 0 Å². The van der Waals surface area contributed by atoms with Crippen molar-refractivity contribution in [2.45, 2.75) is 296 Å². The van der Waals surface area contributed by atoms with Crippen molar-refractivity contribution in [3.05, 3.63) is 0 Å². The molecule has 0 spiro atoms. The molecule has 0 bridgehead atoms. The third kappa shape index (κ3) is 28.9. The number of urea groups is 1. The van der Waals surface area contributed by atoms with Gasteiger partial charge in [-0.15, -0.1) is 0 Å². The number of morpholine rings is 1. The van der Waals surface area contributed by atoms with Crippen LogP contribution in [0.5, 0.6) is 0 Å². The Kier molecular flexibility index (Phi) is 36.7. The van der Waals surface area contributed by atoms with Crippen LogP contribution in [-0.4, -0.2) is 248 Å². The van der Waals surface area contributed by atoms with E-state index in [4.69, 9.17) is 9.47 Å². The molecule has 0 saturated carbocycles. The third-order valence-corrected chi connectivity index (χ3v) is 16.9. The Hall–Kier alpha value is -5.21. The van der Waals surface area contributed by atoms with Crippen LogP contribution in [0.1, 0.15) is 236 Å². The number of amides is 10. The first kappa shape index (κ1) is 81.8. The Labute approximate surface area is 539 Å². The van der Waals surface area contributed by atoms with E-state index in [0.29, 0.717) is 103 Å². The first-order valence-electron chi connectivity index (χ1n) is 33.9. The summed E-state index contributed by atoms with van der Waals surface area (Å²) in [7, 11) is 1.84. The predicted octanol–water partition coefficient (Wildman–Crippen LogP) is 10.2. The predicted molar refractivity (Wildman–Crippen MR) is 355 cm³/mol. The van der Waals surface area contributed by atoms with Crippen molar-refractivity contribution < 1.29 is 52.6 Å². The number of rotatable bonds is 9. The van der Waals surface area contributed by atoms with E-state index < -0.39 is 0 Å². The highest BCUT2D eigenvalue weighted by atomic mass is 16.6. The van der Waals surface area contributed by atoms with Crippen molar-refractivity contribution >= 4 is 53.5 Å². The summed E-state index contributed by atoms with van der Waals surface area (Å²) in [5, 5.41) is 0. The molecule has 9 fully saturated rings. The highest BCUT2D eigenvalue weighted by Gasteiger charge is 2.39. The standard InChI is InChI=1S/2C9H17NO.C8H15NO.C7H14N2O.2C7H13NO2.3C7H13NO/c1-7(2)10-6-9(3,4)5-8(10)11;1-7(2)10-8(11)5-6-9(10,3)4;1-7(2)9-6-4-3-5-8(9)10;1-6(2)9-5-4-8(3)7(9)10;1-6(2)8-3-4-10-5-7(8)9;1-6(2)8-4-3-5-10-7(8)9;3*1-6(2)8-5-3-4-7(8)9/h2*7H,5-6H2,1-4H3;7H,3-6H2,1-2H3;6H,4-5H2,1-3H3;2*6H,3-5H2,1-2H3;3*6H,3-5H2,1-2H3. The first-order valence-corrected chi connectivity index (χ1v) is 33.9. The van der Waals surface area contributed by atoms with Gasteiger partial charge in [0.2, 0.25) is 41.4 Å². The van der Waals surface area contributed by atoms with Gasteiger partial charge >= 0.3 is 12.1 Å². The Morgan fingerprint density at radius 1 is 0.348 bits per heavy atom. The third-order valence-electron chi connectivity index (χ3n) is 16.9. The molecule has 9 rings (SSSR count). The molecule has 0 aromatic rings. The molecule has 0 unspecified atom stereocenters. The van der Waals surface area contributed by atoms with Gasteiger partial charge in [0.05, 0.1) is 13.2 Å². The molecule has 89 heavy (non-hydrogen) atoms. The summed E-state index contributed by atoms with van der Waals surface area (Å²) in [6, 6.07) is 3.41. The second-order valence-electron chi connectivity index (χ2n) is 28.6. The molecule has 10 amide bonds. The molecule has 9 aliphatic heterocycles. The van der Waals surface area contributed by atoms with Crippen molar-refractivity contribution in [1.82, 2.24) is 49.0 Å². The van der Waals surface area contributed by atoms with Crippen LogP contribution in [0.25, 0.3) is 0 Å². The molecule has 516 valence electrons. The van der Waals surface area contributed by atoms with Crippen molar-refractivity contribution in [3.8, 4) is 0 Å². The quantitative estimate of drug-likeness (QED) is 0.212. The molecule has 9 saturated heterocycles. The van der Waals surface area contributed by atoms with E-state index in [1.165, 1.54) is 6.42 Å². The maximum Gasteiger partial charge on any atom is 0.409 e. The number of hydrogen-bond acceptors (Lipinski definition) is 11. The lowest BCUT2D eigenvalue weighted by molar-refractivity contribution is -0.144. The normalized spacial score (nSPS) is 20.7. The van der Waals surface area contributed by atoms with Crippen LogP contribution in [0.4, 0.5) is 9.59 Å². The van der Waals surface area contributed by atoms with Crippen molar-refractivity contribution in [3.63, 3.8) is 0 Å². The molecule has 0 N–H and O–H groups in total. The minimum Gasteiger partial charge on any atom is -0.449 e. The van der Waals surface area contributed by atoms with Gasteiger partial charge in [-0.1, -0.05) is 13.8 Å². The zero-order valence-corrected chi connectivity index (χ0v) is 60.3. The van der Waals surface area contributed by atoms with Crippen LogP contribution < -0.4 is 0 Å². The highest BCUT2D eigenvalue weighted by Crippen LogP contribution is 2.32. The van der Waals surface area contributed by atoms with E-state index in [0.717, 1.165) is 130 Å². The lowest BCUT2D eigenvalue weighted by atomic mass is 9.93. The van der Waals surface area contributed by atoms with Crippen LogP contribution in [0, 0.1) is 5.41 Å². The number of hydrogen-bond donors (Lipinski definition) is 0. The van der Waals surface area contributed by atoms with Crippen LogP contribution >= 0.6 is 0 Å². The van der Waals surface area contributed by atoms with Gasteiger partial charge in [-0.25, -0.2) is 9.59 Å². The van der Waals surface area contributed by atoms with Crippen LogP contribution in [0.3, 0.4) is 0 Å². The molecule has 21 nitrogen and oxygen atoms in total. The van der Waals surface area contributed by atoms with E-state index in [-0.39, 0.29) is 41.6 Å². The molecule has 0 atom stereocenters. The topological polar surface area (TPSA) is 204 Å². The summed E-state index contributed by atoms with van der Waals surface area (Å²) in [6.07, 6.45) is 11.7. The average Bonchev–Trinajstić information content (AvgIpc) is 2.79. The second kappa shape index (κ2) is 39.9. The Balaban J connectivity index is 0.000000501. The molecule has 0 aromatic heterocycles. The number of piperidine rings is 1. The molecule has 9 aliphatic rings. The summed E-state index contributed by atoms with van der Waals surface area (Å²) < 4.78 is 9.81. The first-order chi connectivity index (χ1) is 41.3. The summed E-state index contributed by atoms with van der Waals surface area (Å²) in [4.78, 5) is 119. The zero-order chi connectivity index (χ0) is 68.3. The van der Waals surface area contributed by atoms with Crippen molar-refractivity contribution in [2.75, 3.05) is 85.8 Å². The van der Waals surface area contributed by atoms with E-state index >= 15 is 0 Å². The van der Waals surface area contributed by atoms with Gasteiger partial charge in [0.1, 0.15) is 6.61 Å². The largest absolute Gasteiger partial charge is 0.449 e. The SMILES string of the molecule is CC(C)N1C(=O)CCC1(C)C.CC(C)N1CC(C)(C)CC1=O.CC(C)N1CCCC1=O.CC(C)N1CCCC1=O.CC(C)N1CCCC1=O.CC(C)N1CCCCC1=O.CC(C)N1CCCOC1=O.CC(C)N1CCN(C)C1=O.CC(C)N1CCOCC1=O. The number of carbonyl (C=O) groups excluding carboxylic acids is 9. The molecule has 0 radical (unpaired) electrons. The van der Waals surface area contributed by atoms with Gasteiger partial charge in [0.15, 0.2) is 0 Å². The fraction of sp³-hybridized carbons (Fsp3) is 0.868. The van der Waals surface area contributed by atoms with Gasteiger partial charge in [-0.3, -0.25) is 33.6 Å². The van der Waals surface area contributed by atoms with Crippen molar-refractivity contribution in [2.24, 2.45) is 5.41 Å². The van der Waals surface area contributed by atoms with Gasteiger partial charge < -0.3 is 58.5 Å². The van der Waals surface area contributed by atoms with E-state index in [1.54, 1.807) is 9.80 Å². The van der Waals surface area contributed by atoms with Gasteiger partial charge in [-0.2, -0.15) is 0 Å². The molecule has 21 heteroatoms. The number of likely N-dealkylation sites (N-methyl/N-ethyl adjacent to an activating group) is 1. The Bertz CT molecular complexity index is 2040. The van der Waals surface area contributed by atoms with Gasteiger partial charge in [0, 0.05) is 164 Å². The zero-order valence-electron chi connectivity index (χ0n) is 60.3. The fourth-order valence-electron chi connectivity index (χ4n) is 11.8. The lowest BCUT2D eigenvalue weighted by Crippen LogP contribution is -2.45. The van der Waals surface area contributed by atoms with Crippen LogP contribution in [0.15, 0.2) is 0 Å². The molecule has 0 aliphatic carbocycles. The monoisotopic (exact) mass is 1260 g/mol. The summed E-state index contributed by atoms with van der Waals surface area (Å²) >= 11 is 0. The second-order valence-corrected chi connectivity index (χ2v) is 28.6. The van der Waals surface area contributed by atoms with E-state index in [1.807, 2.05) is 87.8 Å². The van der Waals surface area contributed by atoms with Crippen molar-refractivity contribution in [1.29, 1.82) is 0 Å². The average molecular weight is 1260 g/mol. The minimum atomic E-state index is -0.166. The highest BCUT2D eigenvalue weighted by molar-refractivity contribution is 5.81. The lowest BCUT2D eigenvalue weighted by Gasteiger charge is -2.35. The molecular formula is C68H128N10O11. The van der Waals surface area contributed by atoms with Crippen LogP contribution in [-0.2, 0) is 43.0 Å². The van der Waals surface area contributed by atoms with Gasteiger partial charge in [0.25, 0.3) is 0 Å². The van der Waals surface area contributed by atoms with E-state index in [2.05, 4.69) is 111 Å². The van der Waals surface area contributed by atoms with E-state index in [9.17, 15) is 43.2 Å².